The van der Waals surface area contributed by atoms with Gasteiger partial charge in [-0.25, -0.2) is 4.79 Å². The fraction of sp³-hybridized carbons (Fsp3) is 0.652. The SMILES string of the molecule is CN=C(NCCN1CCN(C(=O)OC(C)(C)C)CC1)Nc1cccc(OCCCOC)c1.I. The number of aliphatic imine (C=N–C) groups is 1. The third kappa shape index (κ3) is 11.8. The standard InChI is InChI=1S/C23H39N5O4.HI/c1-23(2,3)32-22(29)28-14-12-27(13-15-28)11-10-25-21(24-4)26-19-8-6-9-20(18-19)31-17-7-16-30-5;/h6,8-9,18H,7,10-17H2,1-5H3,(H2,24,25,26);1H. The molecule has 1 aromatic rings. The molecule has 188 valence electrons. The molecule has 1 heterocycles. The zero-order valence-electron chi connectivity index (χ0n) is 20.6. The summed E-state index contributed by atoms with van der Waals surface area (Å²) in [6, 6.07) is 7.82. The number of halogens is 1. The van der Waals surface area contributed by atoms with E-state index in [0.717, 1.165) is 44.0 Å². The molecule has 0 spiro atoms. The lowest BCUT2D eigenvalue weighted by Gasteiger charge is -2.35. The van der Waals surface area contributed by atoms with E-state index in [1.165, 1.54) is 0 Å². The number of hydrogen-bond donors (Lipinski definition) is 2. The summed E-state index contributed by atoms with van der Waals surface area (Å²) in [5, 5.41) is 6.64. The van der Waals surface area contributed by atoms with E-state index in [4.69, 9.17) is 14.2 Å². The molecule has 1 fully saturated rings. The van der Waals surface area contributed by atoms with E-state index < -0.39 is 5.60 Å². The van der Waals surface area contributed by atoms with E-state index in [9.17, 15) is 4.79 Å². The normalized spacial score (nSPS) is 14.9. The second-order valence-corrected chi connectivity index (χ2v) is 8.66. The highest BCUT2D eigenvalue weighted by atomic mass is 127. The molecule has 0 bridgehead atoms. The predicted octanol–water partition coefficient (Wildman–Crippen LogP) is 3.26. The number of benzene rings is 1. The van der Waals surface area contributed by atoms with Gasteiger partial charge in [-0.1, -0.05) is 6.07 Å². The first-order chi connectivity index (χ1) is 15.3. The predicted molar refractivity (Wildman–Crippen MR) is 143 cm³/mol. The molecule has 0 radical (unpaired) electrons. The van der Waals surface area contributed by atoms with Gasteiger partial charge in [0, 0.05) is 78.2 Å². The maximum absolute atomic E-state index is 12.2. The first-order valence-electron chi connectivity index (χ1n) is 11.2. The lowest BCUT2D eigenvalue weighted by Crippen LogP contribution is -2.51. The Bertz CT molecular complexity index is 734. The molecular formula is C23H40IN5O4. The molecule has 2 N–H and O–H groups in total. The zero-order valence-corrected chi connectivity index (χ0v) is 22.9. The molecule has 1 saturated heterocycles. The number of methoxy groups -OCH3 is 1. The minimum absolute atomic E-state index is 0. The number of hydrogen-bond acceptors (Lipinski definition) is 6. The largest absolute Gasteiger partial charge is 0.493 e. The number of guanidine groups is 1. The van der Waals surface area contributed by atoms with Crippen molar-refractivity contribution < 1.29 is 19.0 Å². The molecule has 2 rings (SSSR count). The first-order valence-corrected chi connectivity index (χ1v) is 11.2. The van der Waals surface area contributed by atoms with Crippen molar-refractivity contribution in [1.82, 2.24) is 15.1 Å². The maximum Gasteiger partial charge on any atom is 0.410 e. The Labute approximate surface area is 215 Å². The van der Waals surface area contributed by atoms with Crippen LogP contribution in [0, 0.1) is 0 Å². The van der Waals surface area contributed by atoms with E-state index in [0.29, 0.717) is 32.3 Å². The second kappa shape index (κ2) is 15.2. The van der Waals surface area contributed by atoms with E-state index in [2.05, 4.69) is 20.5 Å². The van der Waals surface area contributed by atoms with Gasteiger partial charge in [-0.3, -0.25) is 9.89 Å². The average Bonchev–Trinajstić information content (AvgIpc) is 2.75. The molecular weight excluding hydrogens is 537 g/mol. The van der Waals surface area contributed by atoms with Gasteiger partial charge in [-0.15, -0.1) is 24.0 Å². The number of ether oxygens (including phenoxy) is 3. The Morgan fingerprint density at radius 3 is 2.52 bits per heavy atom. The third-order valence-corrected chi connectivity index (χ3v) is 4.83. The summed E-state index contributed by atoms with van der Waals surface area (Å²) in [4.78, 5) is 20.6. The number of amides is 1. The minimum atomic E-state index is -0.462. The van der Waals surface area contributed by atoms with E-state index in [1.54, 1.807) is 19.1 Å². The van der Waals surface area contributed by atoms with Gasteiger partial charge < -0.3 is 29.7 Å². The number of anilines is 1. The van der Waals surface area contributed by atoms with E-state index in [1.807, 2.05) is 45.0 Å². The molecule has 1 amide bonds. The number of carbonyl (C=O) groups is 1. The van der Waals surface area contributed by atoms with Crippen molar-refractivity contribution in [2.24, 2.45) is 4.99 Å². The highest BCUT2D eigenvalue weighted by Gasteiger charge is 2.25. The molecule has 1 aliphatic rings. The minimum Gasteiger partial charge on any atom is -0.493 e. The topological polar surface area (TPSA) is 87.7 Å². The summed E-state index contributed by atoms with van der Waals surface area (Å²) in [6.45, 7) is 11.6. The van der Waals surface area contributed by atoms with Crippen LogP contribution in [0.5, 0.6) is 5.75 Å². The molecule has 10 heteroatoms. The summed E-state index contributed by atoms with van der Waals surface area (Å²) in [6.07, 6.45) is 0.619. The van der Waals surface area contributed by atoms with Crippen LogP contribution in [0.25, 0.3) is 0 Å². The molecule has 1 aliphatic heterocycles. The van der Waals surface area contributed by atoms with Gasteiger partial charge >= 0.3 is 6.09 Å². The molecule has 0 aliphatic carbocycles. The Hall–Kier alpha value is -1.79. The Balaban J connectivity index is 0.00000544. The number of carbonyl (C=O) groups excluding carboxylic acids is 1. The van der Waals surface area contributed by atoms with Gasteiger partial charge in [0.2, 0.25) is 0 Å². The summed E-state index contributed by atoms with van der Waals surface area (Å²) >= 11 is 0. The third-order valence-electron chi connectivity index (χ3n) is 4.83. The highest BCUT2D eigenvalue weighted by Crippen LogP contribution is 2.17. The maximum atomic E-state index is 12.2. The van der Waals surface area contributed by atoms with Crippen molar-refractivity contribution in [1.29, 1.82) is 0 Å². The fourth-order valence-corrected chi connectivity index (χ4v) is 3.19. The van der Waals surface area contributed by atoms with Gasteiger partial charge in [-0.2, -0.15) is 0 Å². The van der Waals surface area contributed by atoms with Crippen molar-refractivity contribution in [2.75, 3.05) is 72.0 Å². The van der Waals surface area contributed by atoms with Crippen LogP contribution in [0.15, 0.2) is 29.3 Å². The molecule has 0 aromatic heterocycles. The van der Waals surface area contributed by atoms with Crippen LogP contribution in [0.1, 0.15) is 27.2 Å². The van der Waals surface area contributed by atoms with E-state index in [-0.39, 0.29) is 30.1 Å². The second-order valence-electron chi connectivity index (χ2n) is 8.66. The number of rotatable bonds is 9. The van der Waals surface area contributed by atoms with Gasteiger partial charge in [0.05, 0.1) is 6.61 Å². The molecule has 0 unspecified atom stereocenters. The quantitative estimate of drug-likeness (QED) is 0.202. The first kappa shape index (κ1) is 29.2. The van der Waals surface area contributed by atoms with Gasteiger partial charge in [0.25, 0.3) is 0 Å². The van der Waals surface area contributed by atoms with Crippen molar-refractivity contribution in [2.45, 2.75) is 32.8 Å². The average molecular weight is 578 g/mol. The van der Waals surface area contributed by atoms with Crippen LogP contribution < -0.4 is 15.4 Å². The molecule has 0 saturated carbocycles. The Morgan fingerprint density at radius 2 is 1.88 bits per heavy atom. The van der Waals surface area contributed by atoms with Crippen LogP contribution >= 0.6 is 24.0 Å². The van der Waals surface area contributed by atoms with Gasteiger partial charge in [0.15, 0.2) is 5.96 Å². The Kier molecular flexibility index (Phi) is 13.4. The van der Waals surface area contributed by atoms with Crippen LogP contribution in [-0.4, -0.2) is 94.1 Å². The van der Waals surface area contributed by atoms with Crippen LogP contribution in [0.3, 0.4) is 0 Å². The van der Waals surface area contributed by atoms with Crippen LogP contribution in [0.4, 0.5) is 10.5 Å². The lowest BCUT2D eigenvalue weighted by atomic mass is 10.2. The number of nitrogens with zero attached hydrogens (tertiary/aromatic N) is 3. The molecule has 33 heavy (non-hydrogen) atoms. The number of piperazine rings is 1. The van der Waals surface area contributed by atoms with Crippen molar-refractivity contribution in [3.63, 3.8) is 0 Å². The van der Waals surface area contributed by atoms with Crippen molar-refractivity contribution >= 4 is 41.7 Å². The monoisotopic (exact) mass is 577 g/mol. The van der Waals surface area contributed by atoms with Gasteiger partial charge in [-0.05, 0) is 32.9 Å². The van der Waals surface area contributed by atoms with Crippen molar-refractivity contribution in [3.8, 4) is 5.75 Å². The summed E-state index contributed by atoms with van der Waals surface area (Å²) < 4.78 is 16.2. The van der Waals surface area contributed by atoms with Crippen LogP contribution in [-0.2, 0) is 9.47 Å². The molecule has 1 aromatic carbocycles. The lowest BCUT2D eigenvalue weighted by molar-refractivity contribution is 0.0147. The van der Waals surface area contributed by atoms with E-state index >= 15 is 0 Å². The summed E-state index contributed by atoms with van der Waals surface area (Å²) in [5.74, 6) is 1.51. The van der Waals surface area contributed by atoms with Crippen LogP contribution in [0.2, 0.25) is 0 Å². The van der Waals surface area contributed by atoms with Gasteiger partial charge in [0.1, 0.15) is 11.4 Å². The molecule has 9 nitrogen and oxygen atoms in total. The molecule has 0 atom stereocenters. The summed E-state index contributed by atoms with van der Waals surface area (Å²) in [7, 11) is 3.44. The van der Waals surface area contributed by atoms with Crippen molar-refractivity contribution in [3.05, 3.63) is 24.3 Å². The number of nitrogens with one attached hydrogen (secondary N) is 2. The zero-order chi connectivity index (χ0) is 23.4. The summed E-state index contributed by atoms with van der Waals surface area (Å²) in [5.41, 5.74) is 0.449. The fourth-order valence-electron chi connectivity index (χ4n) is 3.19. The highest BCUT2D eigenvalue weighted by molar-refractivity contribution is 14.0. The smallest absolute Gasteiger partial charge is 0.410 e. The Morgan fingerprint density at radius 1 is 1.15 bits per heavy atom.